The van der Waals surface area contributed by atoms with Crippen LogP contribution < -0.4 is 11.5 Å². The van der Waals surface area contributed by atoms with Crippen molar-refractivity contribution in [1.29, 1.82) is 0 Å². The fraction of sp³-hybridized carbons (Fsp3) is 0. The monoisotopic (exact) mass is 316 g/mol. The first-order valence-corrected chi connectivity index (χ1v) is 6.60. The smallest absolute Gasteiger partial charge is 0.336 e. The summed E-state index contributed by atoms with van der Waals surface area (Å²) in [7, 11) is 0. The van der Waals surface area contributed by atoms with E-state index in [0.29, 0.717) is 10.6 Å². The number of hydrogen-bond donors (Lipinski definition) is 3. The first-order chi connectivity index (χ1) is 10.5. The topological polar surface area (TPSA) is 114 Å². The molecule has 0 aliphatic carbocycles. The summed E-state index contributed by atoms with van der Waals surface area (Å²) >= 11 is 5.95. The molecule has 2 aromatic rings. The van der Waals surface area contributed by atoms with E-state index in [9.17, 15) is 9.90 Å². The Kier molecular flexibility index (Phi) is 4.75. The molecule has 0 bridgehead atoms. The van der Waals surface area contributed by atoms with Crippen molar-refractivity contribution >= 4 is 29.7 Å². The van der Waals surface area contributed by atoms with Crippen LogP contribution in [0.5, 0.6) is 0 Å². The minimum atomic E-state index is -1.01. The minimum Gasteiger partial charge on any atom is -0.478 e. The van der Waals surface area contributed by atoms with Gasteiger partial charge in [0.05, 0.1) is 11.8 Å². The van der Waals surface area contributed by atoms with Gasteiger partial charge in [-0.15, -0.1) is 5.10 Å². The summed E-state index contributed by atoms with van der Waals surface area (Å²) in [5.41, 5.74) is 12.6. The highest BCUT2D eigenvalue weighted by Crippen LogP contribution is 2.27. The van der Waals surface area contributed by atoms with Crippen molar-refractivity contribution in [2.45, 2.75) is 0 Å². The minimum absolute atomic E-state index is 0.127. The van der Waals surface area contributed by atoms with E-state index < -0.39 is 5.97 Å². The van der Waals surface area contributed by atoms with Crippen LogP contribution in [0.1, 0.15) is 15.9 Å². The van der Waals surface area contributed by atoms with Crippen molar-refractivity contribution in [2.75, 3.05) is 0 Å². The van der Waals surface area contributed by atoms with Crippen LogP contribution >= 0.6 is 11.6 Å². The maximum absolute atomic E-state index is 11.3. The molecule has 0 saturated carbocycles. The molecule has 0 atom stereocenters. The van der Waals surface area contributed by atoms with Crippen LogP contribution in [0.4, 0.5) is 0 Å². The van der Waals surface area contributed by atoms with E-state index in [0.717, 1.165) is 11.1 Å². The molecule has 0 amide bonds. The summed E-state index contributed by atoms with van der Waals surface area (Å²) in [5.74, 6) is -1.14. The van der Waals surface area contributed by atoms with Gasteiger partial charge < -0.3 is 16.6 Å². The van der Waals surface area contributed by atoms with Crippen molar-refractivity contribution < 1.29 is 9.90 Å². The van der Waals surface area contributed by atoms with Gasteiger partial charge in [-0.3, -0.25) is 0 Å². The third kappa shape index (κ3) is 3.83. The average molecular weight is 317 g/mol. The normalized spacial score (nSPS) is 10.6. The Morgan fingerprint density at radius 2 is 1.82 bits per heavy atom. The molecular weight excluding hydrogens is 304 g/mol. The van der Waals surface area contributed by atoms with Crippen molar-refractivity contribution in [3.05, 3.63) is 58.6 Å². The van der Waals surface area contributed by atoms with E-state index in [4.69, 9.17) is 23.1 Å². The van der Waals surface area contributed by atoms with Crippen LogP contribution in [0.2, 0.25) is 5.02 Å². The van der Waals surface area contributed by atoms with E-state index in [1.54, 1.807) is 36.4 Å². The fourth-order valence-electron chi connectivity index (χ4n) is 1.85. The number of carboxylic acid groups (broad SMARTS) is 1. The molecule has 5 N–H and O–H groups in total. The van der Waals surface area contributed by atoms with Crippen molar-refractivity contribution in [3.8, 4) is 11.1 Å². The number of nitrogens with zero attached hydrogens (tertiary/aromatic N) is 2. The molecule has 0 aliphatic rings. The Bertz CT molecular complexity index is 751. The number of carboxylic acids is 1. The van der Waals surface area contributed by atoms with Crippen LogP contribution in [0.3, 0.4) is 0 Å². The number of halogens is 1. The highest BCUT2D eigenvalue weighted by Gasteiger charge is 2.12. The molecule has 0 radical (unpaired) electrons. The van der Waals surface area contributed by atoms with Gasteiger partial charge in [0.25, 0.3) is 0 Å². The molecule has 2 rings (SSSR count). The molecule has 112 valence electrons. The predicted molar refractivity (Wildman–Crippen MR) is 87.3 cm³/mol. The van der Waals surface area contributed by atoms with Gasteiger partial charge in [-0.05, 0) is 34.9 Å². The quantitative estimate of drug-likeness (QED) is 0.456. The second-order valence-electron chi connectivity index (χ2n) is 4.39. The molecule has 0 unspecified atom stereocenters. The first-order valence-electron chi connectivity index (χ1n) is 6.22. The highest BCUT2D eigenvalue weighted by molar-refractivity contribution is 6.31. The summed E-state index contributed by atoms with van der Waals surface area (Å²) < 4.78 is 0. The average Bonchev–Trinajstić information content (AvgIpc) is 2.47. The molecular formula is C15H13ClN4O2. The Morgan fingerprint density at radius 3 is 2.41 bits per heavy atom. The lowest BCUT2D eigenvalue weighted by Gasteiger charge is -2.07. The summed E-state index contributed by atoms with van der Waals surface area (Å²) in [4.78, 5) is 11.3. The van der Waals surface area contributed by atoms with E-state index in [2.05, 4.69) is 10.2 Å². The van der Waals surface area contributed by atoms with Gasteiger partial charge in [-0.1, -0.05) is 35.9 Å². The zero-order chi connectivity index (χ0) is 16.1. The molecule has 0 spiro atoms. The van der Waals surface area contributed by atoms with Gasteiger partial charge >= 0.3 is 5.97 Å². The molecule has 0 aromatic heterocycles. The molecule has 22 heavy (non-hydrogen) atoms. The largest absolute Gasteiger partial charge is 0.478 e. The lowest BCUT2D eigenvalue weighted by Crippen LogP contribution is -2.21. The zero-order valence-electron chi connectivity index (χ0n) is 11.4. The fourth-order valence-corrected chi connectivity index (χ4v) is 2.02. The Labute approximate surface area is 131 Å². The lowest BCUT2D eigenvalue weighted by molar-refractivity contribution is 0.0697. The first kappa shape index (κ1) is 15.5. The van der Waals surface area contributed by atoms with Gasteiger partial charge in [0.15, 0.2) is 0 Å². The maximum atomic E-state index is 11.3. The lowest BCUT2D eigenvalue weighted by atomic mass is 9.99. The van der Waals surface area contributed by atoms with Gasteiger partial charge in [0.1, 0.15) is 0 Å². The van der Waals surface area contributed by atoms with Gasteiger partial charge in [0.2, 0.25) is 5.96 Å². The van der Waals surface area contributed by atoms with Crippen molar-refractivity contribution in [3.63, 3.8) is 0 Å². The number of carbonyl (C=O) groups is 1. The number of hydrogen-bond acceptors (Lipinski definition) is 3. The van der Waals surface area contributed by atoms with Crippen LogP contribution in [-0.2, 0) is 0 Å². The van der Waals surface area contributed by atoms with E-state index in [1.807, 2.05) is 0 Å². The van der Waals surface area contributed by atoms with Crippen LogP contribution in [0.15, 0.2) is 52.7 Å². The van der Waals surface area contributed by atoms with Crippen molar-refractivity contribution in [1.82, 2.24) is 0 Å². The zero-order valence-corrected chi connectivity index (χ0v) is 12.2. The molecule has 0 aliphatic heterocycles. The predicted octanol–water partition coefficient (Wildman–Crippen LogP) is 2.31. The number of benzene rings is 2. The number of aromatic carboxylic acids is 1. The van der Waals surface area contributed by atoms with Gasteiger partial charge in [0, 0.05) is 5.02 Å². The maximum Gasteiger partial charge on any atom is 0.336 e. The van der Waals surface area contributed by atoms with Crippen LogP contribution in [0.25, 0.3) is 11.1 Å². The SMILES string of the molecule is NC(N)=NN=Cc1ccc(-c2cc(Cl)ccc2C(=O)O)cc1. The number of rotatable bonds is 4. The third-order valence-electron chi connectivity index (χ3n) is 2.81. The molecule has 2 aromatic carbocycles. The summed E-state index contributed by atoms with van der Waals surface area (Å²) in [6, 6.07) is 11.7. The Balaban J connectivity index is 2.35. The standard InChI is InChI=1S/C15H13ClN4O2/c16-11-5-6-12(14(21)22)13(7-11)10-3-1-9(2-4-10)8-19-20-15(17)18/h1-8H,(H,21,22)(H4,17,18,20). The summed E-state index contributed by atoms with van der Waals surface area (Å²) in [6.45, 7) is 0. The van der Waals surface area contributed by atoms with Crippen LogP contribution in [0, 0.1) is 0 Å². The molecule has 0 fully saturated rings. The van der Waals surface area contributed by atoms with E-state index >= 15 is 0 Å². The van der Waals surface area contributed by atoms with E-state index in [-0.39, 0.29) is 11.5 Å². The highest BCUT2D eigenvalue weighted by atomic mass is 35.5. The Morgan fingerprint density at radius 1 is 1.14 bits per heavy atom. The second kappa shape index (κ2) is 6.73. The van der Waals surface area contributed by atoms with Crippen LogP contribution in [-0.4, -0.2) is 23.2 Å². The van der Waals surface area contributed by atoms with Crippen molar-refractivity contribution in [2.24, 2.45) is 21.7 Å². The van der Waals surface area contributed by atoms with Gasteiger partial charge in [-0.25, -0.2) is 4.79 Å². The molecule has 7 heteroatoms. The second-order valence-corrected chi connectivity index (χ2v) is 4.82. The number of nitrogens with two attached hydrogens (primary N) is 2. The van der Waals surface area contributed by atoms with E-state index in [1.165, 1.54) is 12.3 Å². The molecule has 0 saturated heterocycles. The summed E-state index contributed by atoms with van der Waals surface area (Å²) in [5, 5.41) is 16.9. The molecule has 0 heterocycles. The Hall–Kier alpha value is -2.86. The summed E-state index contributed by atoms with van der Waals surface area (Å²) in [6.07, 6.45) is 1.49. The molecule has 6 nitrogen and oxygen atoms in total. The number of guanidine groups is 1. The van der Waals surface area contributed by atoms with Gasteiger partial charge in [-0.2, -0.15) is 5.10 Å². The third-order valence-corrected chi connectivity index (χ3v) is 3.05.